The van der Waals surface area contributed by atoms with Gasteiger partial charge < -0.3 is 15.2 Å². The fourth-order valence-electron chi connectivity index (χ4n) is 5.85. The molecule has 0 bridgehead atoms. The van der Waals surface area contributed by atoms with Crippen LogP contribution in [0.4, 0.5) is 11.4 Å². The third-order valence-corrected chi connectivity index (χ3v) is 8.02. The third kappa shape index (κ3) is 4.34. The van der Waals surface area contributed by atoms with Crippen molar-refractivity contribution < 1.29 is 14.0 Å². The number of hydrogen-bond donors (Lipinski definition) is 1. The molecule has 3 aromatic carbocycles. The number of ether oxygens (including phenoxy) is 2. The Morgan fingerprint density at radius 2 is 1.82 bits per heavy atom. The summed E-state index contributed by atoms with van der Waals surface area (Å²) >= 11 is 0. The molecule has 0 unspecified atom stereocenters. The highest BCUT2D eigenvalue weighted by Crippen LogP contribution is 2.42. The molecular formula is C34H35N2O2+. The first kappa shape index (κ1) is 24.3. The smallest absolute Gasteiger partial charge is 0.209 e. The van der Waals surface area contributed by atoms with Crippen LogP contribution in [-0.4, -0.2) is 17.3 Å². The summed E-state index contributed by atoms with van der Waals surface area (Å²) in [6.45, 7) is 7.29. The van der Waals surface area contributed by atoms with Crippen molar-refractivity contribution in [3.05, 3.63) is 112 Å². The van der Waals surface area contributed by atoms with Crippen molar-refractivity contribution >= 4 is 23.2 Å². The lowest BCUT2D eigenvalue weighted by atomic mass is 9.80. The van der Waals surface area contributed by atoms with Gasteiger partial charge in [-0.15, -0.1) is 0 Å². The van der Waals surface area contributed by atoms with E-state index < -0.39 is 0 Å². The molecule has 3 aromatic rings. The van der Waals surface area contributed by atoms with Gasteiger partial charge in [0, 0.05) is 35.0 Å². The van der Waals surface area contributed by atoms with Crippen molar-refractivity contribution in [3.8, 4) is 11.5 Å². The second-order valence-electron chi connectivity index (χ2n) is 11.1. The van der Waals surface area contributed by atoms with E-state index in [1.54, 1.807) is 0 Å². The zero-order valence-electron chi connectivity index (χ0n) is 22.7. The number of allylic oxidation sites excluding steroid dienone is 4. The summed E-state index contributed by atoms with van der Waals surface area (Å²) < 4.78 is 15.0. The first-order valence-electron chi connectivity index (χ1n) is 13.4. The first-order chi connectivity index (χ1) is 18.3. The number of hydrogen-bond acceptors (Lipinski definition) is 3. The Bertz CT molecular complexity index is 1550. The Kier molecular flexibility index (Phi) is 5.98. The van der Waals surface area contributed by atoms with Gasteiger partial charge in [0.05, 0.1) is 5.41 Å². The summed E-state index contributed by atoms with van der Waals surface area (Å²) in [6, 6.07) is 20.6. The lowest BCUT2D eigenvalue weighted by Crippen LogP contribution is -2.26. The minimum atomic E-state index is -0.0537. The van der Waals surface area contributed by atoms with E-state index in [-0.39, 0.29) is 5.41 Å². The highest BCUT2D eigenvalue weighted by Gasteiger charge is 2.43. The lowest BCUT2D eigenvalue weighted by molar-refractivity contribution is -0.401. The average molecular weight is 504 g/mol. The van der Waals surface area contributed by atoms with Gasteiger partial charge in [-0.25, -0.2) is 0 Å². The summed E-state index contributed by atoms with van der Waals surface area (Å²) in [5.41, 5.74) is 16.5. The first-order valence-corrected chi connectivity index (χ1v) is 13.4. The summed E-state index contributed by atoms with van der Waals surface area (Å²) in [5, 5.41) is 0. The molecule has 2 heterocycles. The number of benzene rings is 3. The average Bonchev–Trinajstić information content (AvgIpc) is 3.09. The Hall–Kier alpha value is -4.05. The van der Waals surface area contributed by atoms with Crippen LogP contribution >= 0.6 is 0 Å². The van der Waals surface area contributed by atoms with Crippen LogP contribution in [0, 0.1) is 6.92 Å². The SMILES string of the molecule is Cc1ccc2c(c1)C(C)(C)C(/C=C/C1=C3Oc4cc(OCc5ccc(N)cc5)ccc4C=C3CCC1)=[N+]2C. The summed E-state index contributed by atoms with van der Waals surface area (Å²) in [4.78, 5) is 0. The Morgan fingerprint density at radius 3 is 2.63 bits per heavy atom. The van der Waals surface area contributed by atoms with Crippen molar-refractivity contribution in [2.24, 2.45) is 0 Å². The number of nitrogens with two attached hydrogens (primary N) is 1. The molecule has 2 N–H and O–H groups in total. The number of nitrogen functional groups attached to an aromatic ring is 1. The van der Waals surface area contributed by atoms with Crippen LogP contribution in [0.25, 0.3) is 6.08 Å². The van der Waals surface area contributed by atoms with Gasteiger partial charge in [-0.2, -0.15) is 4.58 Å². The number of aryl methyl sites for hydroxylation is 1. The van der Waals surface area contributed by atoms with E-state index in [1.165, 1.54) is 33.7 Å². The molecule has 0 amide bonds. The van der Waals surface area contributed by atoms with E-state index in [9.17, 15) is 0 Å². The van der Waals surface area contributed by atoms with Crippen molar-refractivity contribution in [1.82, 2.24) is 0 Å². The van der Waals surface area contributed by atoms with Crippen LogP contribution in [0.5, 0.6) is 11.5 Å². The van der Waals surface area contributed by atoms with Crippen LogP contribution in [-0.2, 0) is 12.0 Å². The topological polar surface area (TPSA) is 47.5 Å². The van der Waals surface area contributed by atoms with E-state index in [0.717, 1.165) is 53.3 Å². The van der Waals surface area contributed by atoms with Crippen molar-refractivity contribution in [2.75, 3.05) is 12.8 Å². The van der Waals surface area contributed by atoms with E-state index in [4.69, 9.17) is 15.2 Å². The van der Waals surface area contributed by atoms with Gasteiger partial charge in [-0.3, -0.25) is 0 Å². The van der Waals surface area contributed by atoms with E-state index in [1.807, 2.05) is 36.4 Å². The van der Waals surface area contributed by atoms with Crippen LogP contribution in [0.1, 0.15) is 55.4 Å². The van der Waals surface area contributed by atoms with E-state index in [2.05, 4.69) is 74.9 Å². The zero-order chi connectivity index (χ0) is 26.4. The predicted octanol–water partition coefficient (Wildman–Crippen LogP) is 7.63. The minimum absolute atomic E-state index is 0.0537. The molecule has 0 atom stereocenters. The van der Waals surface area contributed by atoms with Crippen LogP contribution in [0.2, 0.25) is 0 Å². The molecule has 0 aromatic heterocycles. The molecular weight excluding hydrogens is 468 g/mol. The summed E-state index contributed by atoms with van der Waals surface area (Å²) in [7, 11) is 2.17. The van der Waals surface area contributed by atoms with Gasteiger partial charge in [0.1, 0.15) is 30.9 Å². The third-order valence-electron chi connectivity index (χ3n) is 8.02. The molecule has 192 valence electrons. The minimum Gasteiger partial charge on any atom is -0.489 e. The molecule has 1 aliphatic carbocycles. The maximum Gasteiger partial charge on any atom is 0.209 e. The largest absolute Gasteiger partial charge is 0.489 e. The molecule has 0 spiro atoms. The Balaban J connectivity index is 1.27. The fourth-order valence-corrected chi connectivity index (χ4v) is 5.85. The predicted molar refractivity (Wildman–Crippen MR) is 155 cm³/mol. The van der Waals surface area contributed by atoms with Gasteiger partial charge >= 0.3 is 0 Å². The molecule has 4 nitrogen and oxygen atoms in total. The highest BCUT2D eigenvalue weighted by molar-refractivity contribution is 6.03. The van der Waals surface area contributed by atoms with Crippen molar-refractivity contribution in [2.45, 2.75) is 52.1 Å². The van der Waals surface area contributed by atoms with Gasteiger partial charge in [0.25, 0.3) is 0 Å². The molecule has 0 radical (unpaired) electrons. The van der Waals surface area contributed by atoms with E-state index >= 15 is 0 Å². The van der Waals surface area contributed by atoms with Crippen molar-refractivity contribution in [3.63, 3.8) is 0 Å². The second kappa shape index (κ2) is 9.36. The molecule has 3 aliphatic rings. The van der Waals surface area contributed by atoms with Crippen LogP contribution < -0.4 is 15.2 Å². The Morgan fingerprint density at radius 1 is 1.00 bits per heavy atom. The Labute approximate surface area is 225 Å². The number of fused-ring (bicyclic) bond motifs is 3. The van der Waals surface area contributed by atoms with Gasteiger partial charge in [0.15, 0.2) is 5.71 Å². The fraction of sp³-hybridized carbons (Fsp3) is 0.265. The molecule has 2 aliphatic heterocycles. The zero-order valence-corrected chi connectivity index (χ0v) is 22.7. The molecule has 38 heavy (non-hydrogen) atoms. The normalized spacial score (nSPS) is 17.6. The summed E-state index contributed by atoms with van der Waals surface area (Å²) in [6.07, 6.45) is 10.0. The molecule has 0 saturated carbocycles. The maximum atomic E-state index is 6.57. The summed E-state index contributed by atoms with van der Waals surface area (Å²) in [5.74, 6) is 2.65. The standard InChI is InChI=1S/C34H35N2O2/c1-22-8-16-30-29(18-22)34(2,3)32(36(30)4)17-12-24-6-5-7-26-19-25-11-15-28(20-31(25)38-33(24)26)37-21-23-9-13-27(35)14-10-23/h8-20H,5-7,21,35H2,1-4H3/q+1/b17-12+. The molecule has 4 heteroatoms. The highest BCUT2D eigenvalue weighted by atomic mass is 16.5. The van der Waals surface area contributed by atoms with Gasteiger partial charge in [-0.05, 0) is 99.2 Å². The molecule has 0 fully saturated rings. The van der Waals surface area contributed by atoms with E-state index in [0.29, 0.717) is 6.61 Å². The number of nitrogens with zero attached hydrogens (tertiary/aromatic N) is 1. The quantitative estimate of drug-likeness (QED) is 0.288. The lowest BCUT2D eigenvalue weighted by Gasteiger charge is -2.27. The number of rotatable bonds is 5. The second-order valence-corrected chi connectivity index (χ2v) is 11.1. The van der Waals surface area contributed by atoms with Crippen molar-refractivity contribution in [1.29, 1.82) is 0 Å². The van der Waals surface area contributed by atoms with Gasteiger partial charge in [0.2, 0.25) is 5.69 Å². The van der Waals surface area contributed by atoms with Crippen LogP contribution in [0.15, 0.2) is 89.7 Å². The van der Waals surface area contributed by atoms with Crippen LogP contribution in [0.3, 0.4) is 0 Å². The molecule has 0 saturated heterocycles. The maximum absolute atomic E-state index is 6.57. The number of anilines is 1. The molecule has 6 rings (SSSR count). The van der Waals surface area contributed by atoms with Gasteiger partial charge in [-0.1, -0.05) is 23.8 Å². The monoisotopic (exact) mass is 503 g/mol.